The molecule has 0 saturated heterocycles. The topological polar surface area (TPSA) is 80.3 Å². The first-order valence-corrected chi connectivity index (χ1v) is 11.0. The maximum Gasteiger partial charge on any atom is 0.226 e. The molecular formula is C23H27N3O3S. The molecule has 1 aromatic heterocycles. The molecule has 0 atom stereocenters. The Labute approximate surface area is 180 Å². The first-order chi connectivity index (χ1) is 14.4. The molecule has 0 aliphatic rings. The van der Waals surface area contributed by atoms with Crippen LogP contribution in [0.1, 0.15) is 44.7 Å². The molecule has 0 saturated carbocycles. The predicted octanol–water partition coefficient (Wildman–Crippen LogP) is 4.68. The molecule has 2 aromatic carbocycles. The van der Waals surface area contributed by atoms with E-state index in [4.69, 9.17) is 4.74 Å². The summed E-state index contributed by atoms with van der Waals surface area (Å²) < 4.78 is 6.58. The number of hydrogen-bond acceptors (Lipinski definition) is 5. The number of aromatic nitrogens is 1. The number of rotatable bonds is 9. The van der Waals surface area contributed by atoms with E-state index in [1.54, 1.807) is 0 Å². The summed E-state index contributed by atoms with van der Waals surface area (Å²) in [6, 6.07) is 13.5. The van der Waals surface area contributed by atoms with Crippen molar-refractivity contribution >= 4 is 38.5 Å². The highest BCUT2D eigenvalue weighted by atomic mass is 32.1. The van der Waals surface area contributed by atoms with Crippen molar-refractivity contribution in [2.24, 2.45) is 0 Å². The number of carbonyl (C=O) groups excluding carboxylic acids is 2. The van der Waals surface area contributed by atoms with Crippen LogP contribution in [0.2, 0.25) is 0 Å². The number of anilines is 1. The van der Waals surface area contributed by atoms with E-state index in [9.17, 15) is 9.59 Å². The monoisotopic (exact) mass is 425 g/mol. The fourth-order valence-electron chi connectivity index (χ4n) is 2.95. The van der Waals surface area contributed by atoms with Crippen molar-refractivity contribution in [1.82, 2.24) is 10.3 Å². The van der Waals surface area contributed by atoms with Crippen LogP contribution in [0, 0.1) is 0 Å². The molecular weight excluding hydrogens is 398 g/mol. The van der Waals surface area contributed by atoms with Crippen molar-refractivity contribution in [1.29, 1.82) is 0 Å². The van der Waals surface area contributed by atoms with Crippen molar-refractivity contribution in [3.05, 3.63) is 53.6 Å². The minimum Gasteiger partial charge on any atom is -0.491 e. The summed E-state index contributed by atoms with van der Waals surface area (Å²) in [5.41, 5.74) is 2.75. The van der Waals surface area contributed by atoms with Crippen molar-refractivity contribution in [2.45, 2.75) is 52.7 Å². The van der Waals surface area contributed by atoms with Crippen molar-refractivity contribution in [3.8, 4) is 5.75 Å². The van der Waals surface area contributed by atoms with Crippen LogP contribution in [0.5, 0.6) is 5.75 Å². The molecule has 0 unspecified atom stereocenters. The number of thiazole rings is 1. The molecule has 158 valence electrons. The van der Waals surface area contributed by atoms with Gasteiger partial charge in [0.05, 0.1) is 22.7 Å². The Hall–Kier alpha value is -2.93. The lowest BCUT2D eigenvalue weighted by Gasteiger charge is -2.10. The SMILES string of the molecule is CCCC(=O)Nc1nc2ccc(CC(=O)NCc3ccc(OC(C)C)cc3)cc2s1. The molecule has 6 nitrogen and oxygen atoms in total. The number of hydrogen-bond donors (Lipinski definition) is 2. The number of carbonyl (C=O) groups is 2. The van der Waals surface area contributed by atoms with Gasteiger partial charge in [-0.25, -0.2) is 4.98 Å². The van der Waals surface area contributed by atoms with Crippen LogP contribution in [0.4, 0.5) is 5.13 Å². The van der Waals surface area contributed by atoms with Gasteiger partial charge >= 0.3 is 0 Å². The van der Waals surface area contributed by atoms with Crippen molar-refractivity contribution in [2.75, 3.05) is 5.32 Å². The molecule has 0 bridgehead atoms. The van der Waals surface area contributed by atoms with Crippen LogP contribution in [0.3, 0.4) is 0 Å². The van der Waals surface area contributed by atoms with E-state index in [0.717, 1.165) is 33.5 Å². The average Bonchev–Trinajstić information content (AvgIpc) is 3.08. The van der Waals surface area contributed by atoms with E-state index in [-0.39, 0.29) is 17.9 Å². The number of amides is 2. The molecule has 0 spiro atoms. The molecule has 0 radical (unpaired) electrons. The summed E-state index contributed by atoms with van der Waals surface area (Å²) >= 11 is 1.42. The molecule has 3 aromatic rings. The molecule has 0 aliphatic heterocycles. The van der Waals surface area contributed by atoms with E-state index in [0.29, 0.717) is 24.5 Å². The third kappa shape index (κ3) is 6.29. The maximum atomic E-state index is 12.4. The number of fused-ring (bicyclic) bond motifs is 1. The summed E-state index contributed by atoms with van der Waals surface area (Å²) in [5.74, 6) is 0.751. The van der Waals surface area contributed by atoms with Crippen LogP contribution >= 0.6 is 11.3 Å². The first-order valence-electron chi connectivity index (χ1n) is 10.1. The standard InChI is InChI=1S/C23H27N3O3S/c1-4-5-21(27)26-23-25-19-11-8-17(12-20(19)30-23)13-22(28)24-14-16-6-9-18(10-7-16)29-15(2)3/h6-12,15H,4-5,13-14H2,1-3H3,(H,24,28)(H,25,26,27). The van der Waals surface area contributed by atoms with E-state index in [1.807, 2.05) is 63.2 Å². The Morgan fingerprint density at radius 1 is 1.07 bits per heavy atom. The molecule has 7 heteroatoms. The lowest BCUT2D eigenvalue weighted by Crippen LogP contribution is -2.24. The summed E-state index contributed by atoms with van der Waals surface area (Å²) in [7, 11) is 0. The zero-order valence-electron chi connectivity index (χ0n) is 17.5. The van der Waals surface area contributed by atoms with Crippen LogP contribution in [-0.4, -0.2) is 22.9 Å². The number of ether oxygens (including phenoxy) is 1. The van der Waals surface area contributed by atoms with Gasteiger partial charge in [-0.15, -0.1) is 0 Å². The normalized spacial score (nSPS) is 10.9. The van der Waals surface area contributed by atoms with Gasteiger partial charge in [0.1, 0.15) is 5.75 Å². The summed E-state index contributed by atoms with van der Waals surface area (Å²) in [4.78, 5) is 28.5. The minimum absolute atomic E-state index is 0.0278. The van der Waals surface area contributed by atoms with Gasteiger partial charge in [0.2, 0.25) is 11.8 Å². The van der Waals surface area contributed by atoms with Crippen molar-refractivity contribution < 1.29 is 14.3 Å². The second-order valence-electron chi connectivity index (χ2n) is 7.38. The smallest absolute Gasteiger partial charge is 0.226 e. The highest BCUT2D eigenvalue weighted by molar-refractivity contribution is 7.22. The number of nitrogens with zero attached hydrogens (tertiary/aromatic N) is 1. The van der Waals surface area contributed by atoms with Gasteiger partial charge in [0, 0.05) is 13.0 Å². The van der Waals surface area contributed by atoms with E-state index in [2.05, 4.69) is 15.6 Å². The summed E-state index contributed by atoms with van der Waals surface area (Å²) in [6.07, 6.45) is 1.70. The van der Waals surface area contributed by atoms with Crippen LogP contribution in [-0.2, 0) is 22.6 Å². The van der Waals surface area contributed by atoms with E-state index >= 15 is 0 Å². The van der Waals surface area contributed by atoms with Gasteiger partial charge in [-0.05, 0) is 55.7 Å². The minimum atomic E-state index is -0.0437. The predicted molar refractivity (Wildman–Crippen MR) is 121 cm³/mol. The quantitative estimate of drug-likeness (QED) is 0.522. The highest BCUT2D eigenvalue weighted by Crippen LogP contribution is 2.27. The first kappa shape index (κ1) is 21.8. The molecule has 0 fully saturated rings. The van der Waals surface area contributed by atoms with Crippen molar-refractivity contribution in [3.63, 3.8) is 0 Å². The molecule has 30 heavy (non-hydrogen) atoms. The van der Waals surface area contributed by atoms with Gasteiger partial charge in [0.15, 0.2) is 5.13 Å². The second kappa shape index (κ2) is 10.2. The highest BCUT2D eigenvalue weighted by Gasteiger charge is 2.10. The summed E-state index contributed by atoms with van der Waals surface area (Å²) in [5, 5.41) is 6.37. The molecule has 2 N–H and O–H groups in total. The third-order valence-corrected chi connectivity index (χ3v) is 5.26. The van der Waals surface area contributed by atoms with E-state index in [1.165, 1.54) is 11.3 Å². The Bertz CT molecular complexity index is 1010. The second-order valence-corrected chi connectivity index (χ2v) is 8.41. The van der Waals surface area contributed by atoms with Gasteiger partial charge in [-0.2, -0.15) is 0 Å². The summed E-state index contributed by atoms with van der Waals surface area (Å²) in [6.45, 7) is 6.41. The fourth-order valence-corrected chi connectivity index (χ4v) is 3.89. The lowest BCUT2D eigenvalue weighted by atomic mass is 10.1. The maximum absolute atomic E-state index is 12.4. The third-order valence-electron chi connectivity index (χ3n) is 4.33. The molecule has 1 heterocycles. The Morgan fingerprint density at radius 2 is 1.80 bits per heavy atom. The van der Waals surface area contributed by atoms with Crippen LogP contribution in [0.15, 0.2) is 42.5 Å². The van der Waals surface area contributed by atoms with Gasteiger partial charge in [-0.3, -0.25) is 9.59 Å². The number of nitrogens with one attached hydrogen (secondary N) is 2. The zero-order chi connectivity index (χ0) is 21.5. The molecule has 3 rings (SSSR count). The zero-order valence-corrected chi connectivity index (χ0v) is 18.3. The Balaban J connectivity index is 1.55. The van der Waals surface area contributed by atoms with Gasteiger partial charge < -0.3 is 15.4 Å². The fraction of sp³-hybridized carbons (Fsp3) is 0.348. The van der Waals surface area contributed by atoms with Crippen LogP contribution in [0.25, 0.3) is 10.2 Å². The van der Waals surface area contributed by atoms with Gasteiger partial charge in [0.25, 0.3) is 0 Å². The van der Waals surface area contributed by atoms with E-state index < -0.39 is 0 Å². The molecule has 0 aliphatic carbocycles. The van der Waals surface area contributed by atoms with Gasteiger partial charge in [-0.1, -0.05) is 36.5 Å². The Kier molecular flexibility index (Phi) is 7.41. The molecule has 2 amide bonds. The number of benzene rings is 2. The Morgan fingerprint density at radius 3 is 2.50 bits per heavy atom. The van der Waals surface area contributed by atoms with Crippen LogP contribution < -0.4 is 15.4 Å². The average molecular weight is 426 g/mol. The lowest BCUT2D eigenvalue weighted by molar-refractivity contribution is -0.120. The largest absolute Gasteiger partial charge is 0.491 e.